The highest BCUT2D eigenvalue weighted by molar-refractivity contribution is 5.35. The lowest BCUT2D eigenvalue weighted by atomic mass is 9.92. The van der Waals surface area contributed by atoms with Crippen molar-refractivity contribution in [3.05, 3.63) is 70.3 Å². The number of rotatable bonds is 2. The van der Waals surface area contributed by atoms with E-state index in [1.54, 1.807) is 0 Å². The van der Waals surface area contributed by atoms with Crippen LogP contribution in [0.2, 0.25) is 0 Å². The van der Waals surface area contributed by atoms with Crippen LogP contribution >= 0.6 is 0 Å². The molecule has 0 saturated carbocycles. The number of aryl methyl sites for hydroxylation is 4. The second kappa shape index (κ2) is 5.58. The summed E-state index contributed by atoms with van der Waals surface area (Å²) < 4.78 is 0. The molecule has 6 rings (SSSR count). The number of hydrogen-bond acceptors (Lipinski definition) is 1. The molecule has 0 aromatic heterocycles. The van der Waals surface area contributed by atoms with Crippen molar-refractivity contribution in [2.45, 2.75) is 32.1 Å². The smallest absolute Gasteiger partial charge is 0.00366 e. The van der Waals surface area contributed by atoms with Gasteiger partial charge in [0.2, 0.25) is 0 Å². The second-order valence-electron chi connectivity index (χ2n) is 5.46. The topological polar surface area (TPSA) is 26.0 Å². The lowest BCUT2D eigenvalue weighted by Gasteiger charge is -2.14. The van der Waals surface area contributed by atoms with E-state index in [9.17, 15) is 0 Å². The van der Waals surface area contributed by atoms with Gasteiger partial charge in [-0.25, -0.2) is 0 Å². The maximum Gasteiger partial charge on any atom is -0.00366 e. The molecular formula is C18H21N. The van der Waals surface area contributed by atoms with Crippen LogP contribution in [0.4, 0.5) is 0 Å². The van der Waals surface area contributed by atoms with E-state index in [2.05, 4.69) is 42.5 Å². The Morgan fingerprint density at radius 2 is 1.32 bits per heavy atom. The third kappa shape index (κ3) is 2.87. The highest BCUT2D eigenvalue weighted by atomic mass is 14.5. The van der Waals surface area contributed by atoms with Crippen LogP contribution in [-0.2, 0) is 32.1 Å². The molecule has 0 amide bonds. The van der Waals surface area contributed by atoms with Gasteiger partial charge in [-0.1, -0.05) is 42.5 Å². The van der Waals surface area contributed by atoms with Gasteiger partial charge in [0.15, 0.2) is 0 Å². The molecule has 4 bridgehead atoms. The predicted octanol–water partition coefficient (Wildman–Crippen LogP) is 3.07. The molecular weight excluding hydrogens is 230 g/mol. The molecule has 2 aromatic rings. The Labute approximate surface area is 115 Å². The Balaban J connectivity index is 1.96. The summed E-state index contributed by atoms with van der Waals surface area (Å²) in [7, 11) is 0. The van der Waals surface area contributed by atoms with E-state index in [0.29, 0.717) is 0 Å². The summed E-state index contributed by atoms with van der Waals surface area (Å²) in [6.45, 7) is 0.740. The Hall–Kier alpha value is -1.60. The fourth-order valence-corrected chi connectivity index (χ4v) is 2.91. The molecule has 0 radical (unpaired) electrons. The van der Waals surface area contributed by atoms with Crippen LogP contribution in [0.5, 0.6) is 0 Å². The average molecular weight is 251 g/mol. The van der Waals surface area contributed by atoms with Gasteiger partial charge in [0.25, 0.3) is 0 Å². The van der Waals surface area contributed by atoms with Gasteiger partial charge in [-0.3, -0.25) is 0 Å². The molecule has 0 saturated heterocycles. The Bertz CT molecular complexity index is 554. The zero-order valence-electron chi connectivity index (χ0n) is 11.4. The van der Waals surface area contributed by atoms with E-state index in [1.165, 1.54) is 27.8 Å². The number of nitrogens with two attached hydrogens (primary N) is 1. The normalized spacial score (nSPS) is 14.2. The Morgan fingerprint density at radius 3 is 2.00 bits per heavy atom. The van der Waals surface area contributed by atoms with Gasteiger partial charge >= 0.3 is 0 Å². The lowest BCUT2D eigenvalue weighted by molar-refractivity contribution is 0.878. The zero-order chi connectivity index (χ0) is 13.1. The summed E-state index contributed by atoms with van der Waals surface area (Å²) in [6, 6.07) is 16.1. The molecule has 4 aliphatic rings. The maximum absolute atomic E-state index is 5.75. The third-order valence-electron chi connectivity index (χ3n) is 4.09. The van der Waals surface area contributed by atoms with E-state index in [-0.39, 0.29) is 0 Å². The molecule has 2 aromatic carbocycles. The van der Waals surface area contributed by atoms with Crippen molar-refractivity contribution >= 4 is 0 Å². The average Bonchev–Trinajstić information content (AvgIpc) is 2.43. The van der Waals surface area contributed by atoms with Gasteiger partial charge in [0.05, 0.1) is 0 Å². The minimum Gasteiger partial charge on any atom is -0.330 e. The van der Waals surface area contributed by atoms with Gasteiger partial charge in [-0.05, 0) is 66.5 Å². The molecule has 2 N–H and O–H groups in total. The van der Waals surface area contributed by atoms with Crippen molar-refractivity contribution in [1.82, 2.24) is 0 Å². The fraction of sp³-hybridized carbons (Fsp3) is 0.333. The van der Waals surface area contributed by atoms with Crippen molar-refractivity contribution in [2.24, 2.45) is 5.73 Å². The molecule has 19 heavy (non-hydrogen) atoms. The van der Waals surface area contributed by atoms with Gasteiger partial charge in [0.1, 0.15) is 0 Å². The standard InChI is InChI=1S/C18H21N/c19-12-11-18-13-16-6-5-14-1-3-15(4-2-14)7-9-17(18)10-8-16/h1-4,8,10,13H,5-7,9,11-12,19H2. The molecule has 1 nitrogen and oxygen atoms in total. The molecule has 4 aliphatic carbocycles. The lowest BCUT2D eigenvalue weighted by Crippen LogP contribution is -2.07. The number of hydrogen-bond donors (Lipinski definition) is 1. The van der Waals surface area contributed by atoms with Crippen LogP contribution in [0.25, 0.3) is 0 Å². The van der Waals surface area contributed by atoms with Crippen LogP contribution in [0.1, 0.15) is 27.8 Å². The molecule has 0 aliphatic heterocycles. The zero-order valence-corrected chi connectivity index (χ0v) is 11.4. The molecule has 0 spiro atoms. The first-order chi connectivity index (χ1) is 9.35. The predicted molar refractivity (Wildman–Crippen MR) is 80.5 cm³/mol. The van der Waals surface area contributed by atoms with Gasteiger partial charge < -0.3 is 5.73 Å². The molecule has 98 valence electrons. The quantitative estimate of drug-likeness (QED) is 0.872. The highest BCUT2D eigenvalue weighted by Crippen LogP contribution is 2.19. The Kier molecular flexibility index (Phi) is 3.65. The summed E-state index contributed by atoms with van der Waals surface area (Å²) >= 11 is 0. The minimum absolute atomic E-state index is 0.740. The van der Waals surface area contributed by atoms with Gasteiger partial charge in [-0.15, -0.1) is 0 Å². The van der Waals surface area contributed by atoms with Crippen LogP contribution in [0, 0.1) is 0 Å². The molecule has 0 unspecified atom stereocenters. The van der Waals surface area contributed by atoms with E-state index in [4.69, 9.17) is 5.73 Å². The molecule has 0 atom stereocenters. The van der Waals surface area contributed by atoms with Gasteiger partial charge in [0, 0.05) is 0 Å². The van der Waals surface area contributed by atoms with Crippen LogP contribution < -0.4 is 5.73 Å². The first kappa shape index (κ1) is 12.4. The summed E-state index contributed by atoms with van der Waals surface area (Å²) in [5, 5.41) is 0. The maximum atomic E-state index is 5.75. The monoisotopic (exact) mass is 251 g/mol. The highest BCUT2D eigenvalue weighted by Gasteiger charge is 2.07. The van der Waals surface area contributed by atoms with E-state index in [1.807, 2.05) is 0 Å². The molecule has 0 fully saturated rings. The van der Waals surface area contributed by atoms with Crippen LogP contribution in [0.3, 0.4) is 0 Å². The molecule has 0 heterocycles. The first-order valence-electron chi connectivity index (χ1n) is 7.24. The summed E-state index contributed by atoms with van der Waals surface area (Å²) in [6.07, 6.45) is 5.49. The number of benzene rings is 2. The summed E-state index contributed by atoms with van der Waals surface area (Å²) in [4.78, 5) is 0. The minimum atomic E-state index is 0.740. The SMILES string of the molecule is NCCc1cc2ccc1CCc1ccc(cc1)CC2. The van der Waals surface area contributed by atoms with Crippen molar-refractivity contribution in [1.29, 1.82) is 0 Å². The summed E-state index contributed by atoms with van der Waals surface area (Å²) in [5.74, 6) is 0. The fourth-order valence-electron chi connectivity index (χ4n) is 2.91. The molecule has 1 heteroatoms. The van der Waals surface area contributed by atoms with Crippen molar-refractivity contribution < 1.29 is 0 Å². The summed E-state index contributed by atoms with van der Waals surface area (Å²) in [5.41, 5.74) is 13.0. The van der Waals surface area contributed by atoms with E-state index in [0.717, 1.165) is 38.6 Å². The van der Waals surface area contributed by atoms with Crippen molar-refractivity contribution in [3.8, 4) is 0 Å². The first-order valence-corrected chi connectivity index (χ1v) is 7.24. The van der Waals surface area contributed by atoms with Crippen LogP contribution in [-0.4, -0.2) is 6.54 Å². The van der Waals surface area contributed by atoms with Crippen LogP contribution in [0.15, 0.2) is 42.5 Å². The van der Waals surface area contributed by atoms with Crippen molar-refractivity contribution in [2.75, 3.05) is 6.54 Å². The third-order valence-corrected chi connectivity index (χ3v) is 4.09. The van der Waals surface area contributed by atoms with E-state index >= 15 is 0 Å². The van der Waals surface area contributed by atoms with Gasteiger partial charge in [-0.2, -0.15) is 0 Å². The Morgan fingerprint density at radius 1 is 0.737 bits per heavy atom. The van der Waals surface area contributed by atoms with E-state index < -0.39 is 0 Å². The van der Waals surface area contributed by atoms with Crippen molar-refractivity contribution in [3.63, 3.8) is 0 Å². The second-order valence-corrected chi connectivity index (χ2v) is 5.46. The largest absolute Gasteiger partial charge is 0.330 e.